The van der Waals surface area contributed by atoms with Crippen LogP contribution in [0.3, 0.4) is 0 Å². The Balaban J connectivity index is 1.65. The van der Waals surface area contributed by atoms with E-state index in [1.165, 1.54) is 17.0 Å². The van der Waals surface area contributed by atoms with Crippen LogP contribution in [0.2, 0.25) is 0 Å². The first-order valence-electron chi connectivity index (χ1n) is 9.40. The molecule has 0 aliphatic carbocycles. The molecule has 4 aromatic rings. The number of fused-ring (bicyclic) bond motifs is 3. The highest BCUT2D eigenvalue weighted by Gasteiger charge is 2.33. The van der Waals surface area contributed by atoms with Gasteiger partial charge in [-0.15, -0.1) is 0 Å². The van der Waals surface area contributed by atoms with Crippen molar-refractivity contribution in [3.63, 3.8) is 0 Å². The van der Waals surface area contributed by atoms with Gasteiger partial charge in [-0.25, -0.2) is 4.39 Å². The molecule has 2 aromatic carbocycles. The number of aromatic nitrogens is 3. The summed E-state index contributed by atoms with van der Waals surface area (Å²) in [5, 5.41) is 8.30. The van der Waals surface area contributed by atoms with Crippen molar-refractivity contribution < 1.29 is 9.13 Å². The van der Waals surface area contributed by atoms with Gasteiger partial charge in [0.25, 0.3) is 0 Å². The van der Waals surface area contributed by atoms with Crippen LogP contribution >= 0.6 is 0 Å². The molecule has 0 spiro atoms. The molecule has 0 saturated heterocycles. The normalized spacial score (nSPS) is 17.0. The van der Waals surface area contributed by atoms with Crippen molar-refractivity contribution in [2.75, 3.05) is 13.7 Å². The van der Waals surface area contributed by atoms with Crippen LogP contribution in [-0.4, -0.2) is 33.7 Å². The van der Waals surface area contributed by atoms with Gasteiger partial charge in [0.05, 0.1) is 13.2 Å². The monoisotopic (exact) mass is 376 g/mol. The number of nitrogens with zero attached hydrogens (tertiary/aromatic N) is 2. The first-order chi connectivity index (χ1) is 13.7. The van der Waals surface area contributed by atoms with Crippen LogP contribution in [0, 0.1) is 5.82 Å². The number of hydrogen-bond donors (Lipinski definition) is 2. The number of para-hydroxylation sites is 1. The molecule has 0 saturated carbocycles. The smallest absolute Gasteiger partial charge is 0.132 e. The Morgan fingerprint density at radius 3 is 2.89 bits per heavy atom. The molecule has 6 heteroatoms. The molecule has 142 valence electrons. The molecule has 0 unspecified atom stereocenters. The van der Waals surface area contributed by atoms with Gasteiger partial charge in [0.15, 0.2) is 0 Å². The summed E-state index contributed by atoms with van der Waals surface area (Å²) in [4.78, 5) is 5.85. The van der Waals surface area contributed by atoms with Crippen LogP contribution in [0.15, 0.2) is 54.7 Å². The van der Waals surface area contributed by atoms with E-state index < -0.39 is 0 Å². The Labute approximate surface area is 162 Å². The summed E-state index contributed by atoms with van der Waals surface area (Å²) in [6.07, 6.45) is 2.67. The van der Waals surface area contributed by atoms with Crippen molar-refractivity contribution in [2.24, 2.45) is 0 Å². The van der Waals surface area contributed by atoms with Gasteiger partial charge in [-0.3, -0.25) is 10.00 Å². The third kappa shape index (κ3) is 2.77. The van der Waals surface area contributed by atoms with Crippen molar-refractivity contribution in [3.8, 4) is 5.75 Å². The number of nitrogens with one attached hydrogen (secondary N) is 2. The lowest BCUT2D eigenvalue weighted by molar-refractivity contribution is 0.196. The van der Waals surface area contributed by atoms with Gasteiger partial charge in [-0.2, -0.15) is 5.10 Å². The fourth-order valence-electron chi connectivity index (χ4n) is 4.26. The molecule has 1 aliphatic heterocycles. The number of benzene rings is 2. The predicted octanol–water partition coefficient (Wildman–Crippen LogP) is 4.19. The van der Waals surface area contributed by atoms with Crippen molar-refractivity contribution in [1.82, 2.24) is 20.1 Å². The Bertz CT molecular complexity index is 1120. The number of methoxy groups -OCH3 is 1. The van der Waals surface area contributed by atoms with Gasteiger partial charge in [0.2, 0.25) is 0 Å². The Hall–Kier alpha value is -3.12. The molecule has 1 atom stereocenters. The highest BCUT2D eigenvalue weighted by atomic mass is 19.1. The van der Waals surface area contributed by atoms with Crippen LogP contribution in [0.5, 0.6) is 5.75 Å². The minimum absolute atomic E-state index is 0.203. The molecular weight excluding hydrogens is 355 g/mol. The average Bonchev–Trinajstić information content (AvgIpc) is 3.35. The SMILES string of the molecule is COc1ccc([C@H]2c3[nH]c4ccccc4c3CCN2Cc2ccn[nH]2)c(F)c1. The average molecular weight is 376 g/mol. The zero-order valence-electron chi connectivity index (χ0n) is 15.6. The Kier molecular flexibility index (Phi) is 4.13. The quantitative estimate of drug-likeness (QED) is 0.562. The lowest BCUT2D eigenvalue weighted by Gasteiger charge is -2.36. The molecule has 5 nitrogen and oxygen atoms in total. The second-order valence-electron chi connectivity index (χ2n) is 7.16. The molecule has 5 rings (SSSR count). The highest BCUT2D eigenvalue weighted by Crippen LogP contribution is 2.40. The van der Waals surface area contributed by atoms with Gasteiger partial charge in [0, 0.05) is 53.2 Å². The van der Waals surface area contributed by atoms with E-state index in [9.17, 15) is 0 Å². The summed E-state index contributed by atoms with van der Waals surface area (Å²) in [5.41, 5.74) is 5.09. The largest absolute Gasteiger partial charge is 0.497 e. The Morgan fingerprint density at radius 2 is 2.11 bits per heavy atom. The van der Waals surface area contributed by atoms with E-state index in [0.29, 0.717) is 17.9 Å². The molecule has 3 heterocycles. The summed E-state index contributed by atoms with van der Waals surface area (Å²) < 4.78 is 20.3. The number of ether oxygens (including phenoxy) is 1. The topological polar surface area (TPSA) is 56.9 Å². The first-order valence-corrected chi connectivity index (χ1v) is 9.40. The lowest BCUT2D eigenvalue weighted by atomic mass is 9.92. The number of halogens is 1. The summed E-state index contributed by atoms with van der Waals surface area (Å²) in [5.74, 6) is 0.263. The zero-order valence-corrected chi connectivity index (χ0v) is 15.6. The van der Waals surface area contributed by atoms with E-state index in [-0.39, 0.29) is 11.9 Å². The van der Waals surface area contributed by atoms with Gasteiger partial charge >= 0.3 is 0 Å². The van der Waals surface area contributed by atoms with Crippen LogP contribution in [0.4, 0.5) is 4.39 Å². The van der Waals surface area contributed by atoms with E-state index in [2.05, 4.69) is 38.3 Å². The van der Waals surface area contributed by atoms with Gasteiger partial charge in [-0.05, 0) is 30.2 Å². The Morgan fingerprint density at radius 1 is 1.21 bits per heavy atom. The van der Waals surface area contributed by atoms with Crippen molar-refractivity contribution in [2.45, 2.75) is 19.0 Å². The lowest BCUT2D eigenvalue weighted by Crippen LogP contribution is -2.36. The minimum Gasteiger partial charge on any atom is -0.497 e. The third-order valence-electron chi connectivity index (χ3n) is 5.57. The fourth-order valence-corrected chi connectivity index (χ4v) is 4.26. The first kappa shape index (κ1) is 17.0. The van der Waals surface area contributed by atoms with Crippen LogP contribution in [0.1, 0.15) is 28.6 Å². The molecule has 0 amide bonds. The number of hydrogen-bond acceptors (Lipinski definition) is 3. The standard InChI is InChI=1S/C22H21FN4O/c1-28-15-6-7-18(19(23)12-15)22-21-17(16-4-2-3-5-20(16)25-21)9-11-27(22)13-14-8-10-24-26-14/h2-8,10,12,22,25H,9,11,13H2,1H3,(H,24,26)/t22-/m0/s1. The summed E-state index contributed by atoms with van der Waals surface area (Å²) in [7, 11) is 1.55. The van der Waals surface area contributed by atoms with E-state index in [4.69, 9.17) is 4.74 Å². The third-order valence-corrected chi connectivity index (χ3v) is 5.57. The molecule has 2 aromatic heterocycles. The summed E-state index contributed by atoms with van der Waals surface area (Å²) in [6.45, 7) is 1.51. The van der Waals surface area contributed by atoms with Crippen LogP contribution < -0.4 is 4.74 Å². The molecule has 0 fully saturated rings. The highest BCUT2D eigenvalue weighted by molar-refractivity contribution is 5.85. The minimum atomic E-state index is -0.259. The zero-order chi connectivity index (χ0) is 19.1. The molecule has 2 N–H and O–H groups in total. The van der Waals surface area contributed by atoms with E-state index in [0.717, 1.165) is 29.9 Å². The summed E-state index contributed by atoms with van der Waals surface area (Å²) in [6, 6.07) is 15.2. The second-order valence-corrected chi connectivity index (χ2v) is 7.16. The molecule has 28 heavy (non-hydrogen) atoms. The summed E-state index contributed by atoms with van der Waals surface area (Å²) >= 11 is 0. The predicted molar refractivity (Wildman–Crippen MR) is 106 cm³/mol. The van der Waals surface area contributed by atoms with Gasteiger partial charge in [0.1, 0.15) is 11.6 Å². The maximum atomic E-state index is 15.1. The van der Waals surface area contributed by atoms with E-state index >= 15 is 4.39 Å². The van der Waals surface area contributed by atoms with E-state index in [1.54, 1.807) is 13.3 Å². The molecule has 0 bridgehead atoms. The molecular formula is C22H21FN4O. The maximum absolute atomic E-state index is 15.1. The molecule has 0 radical (unpaired) electrons. The van der Waals surface area contributed by atoms with Crippen molar-refractivity contribution in [1.29, 1.82) is 0 Å². The van der Waals surface area contributed by atoms with Gasteiger partial charge < -0.3 is 9.72 Å². The maximum Gasteiger partial charge on any atom is 0.132 e. The van der Waals surface area contributed by atoms with Crippen LogP contribution in [0.25, 0.3) is 10.9 Å². The van der Waals surface area contributed by atoms with Crippen molar-refractivity contribution >= 4 is 10.9 Å². The number of H-pyrrole nitrogens is 2. The van der Waals surface area contributed by atoms with Crippen LogP contribution in [-0.2, 0) is 13.0 Å². The van der Waals surface area contributed by atoms with Crippen molar-refractivity contribution in [3.05, 3.63) is 83.1 Å². The van der Waals surface area contributed by atoms with Gasteiger partial charge in [-0.1, -0.05) is 24.3 Å². The second kappa shape index (κ2) is 6.80. The fraction of sp³-hybridized carbons (Fsp3) is 0.227. The number of aromatic amines is 2. The molecule has 1 aliphatic rings. The number of rotatable bonds is 4. The van der Waals surface area contributed by atoms with E-state index in [1.807, 2.05) is 24.3 Å².